The van der Waals surface area contributed by atoms with Gasteiger partial charge in [0.1, 0.15) is 0 Å². The quantitative estimate of drug-likeness (QED) is 0.147. The summed E-state index contributed by atoms with van der Waals surface area (Å²) in [5.74, 6) is 1.03. The second-order valence-corrected chi connectivity index (χ2v) is 9.24. The smallest absolute Gasteiger partial charge is 0.363 e. The van der Waals surface area contributed by atoms with Crippen molar-refractivity contribution in [3.05, 3.63) is 89.1 Å². The highest BCUT2D eigenvalue weighted by atomic mass is 16.6. The highest BCUT2D eigenvalue weighted by Gasteiger charge is 2.24. The fourth-order valence-corrected chi connectivity index (χ4v) is 4.41. The molecule has 192 valence electrons. The summed E-state index contributed by atoms with van der Waals surface area (Å²) >= 11 is 0. The van der Waals surface area contributed by atoms with Gasteiger partial charge in [-0.25, -0.2) is 9.79 Å². The Balaban J connectivity index is 1.40. The van der Waals surface area contributed by atoms with E-state index in [1.807, 2.05) is 30.3 Å². The van der Waals surface area contributed by atoms with E-state index < -0.39 is 5.97 Å². The molecule has 1 aliphatic rings. The minimum atomic E-state index is -0.477. The van der Waals surface area contributed by atoms with Crippen LogP contribution in [0.15, 0.2) is 77.4 Å². The standard InChI is InChI=1S/C32H35NO4/c1-4-5-6-7-8-9-10-23-11-14-25(15-12-23)26-16-18-27(19-17-26)31-33-28(32(34)37-31)21-24-13-20-29(35-2)30(22-24)36-3/h11-22H,4-10H2,1-3H3. The van der Waals surface area contributed by atoms with Crippen molar-refractivity contribution in [3.8, 4) is 22.6 Å². The first-order chi connectivity index (χ1) is 18.1. The number of aliphatic imine (C=N–C) groups is 1. The van der Waals surface area contributed by atoms with Gasteiger partial charge < -0.3 is 14.2 Å². The number of esters is 1. The molecule has 0 aromatic heterocycles. The maximum Gasteiger partial charge on any atom is 0.363 e. The summed E-state index contributed by atoms with van der Waals surface area (Å²) in [6.45, 7) is 2.25. The molecule has 3 aromatic rings. The van der Waals surface area contributed by atoms with Crippen molar-refractivity contribution in [1.82, 2.24) is 0 Å². The van der Waals surface area contributed by atoms with E-state index in [-0.39, 0.29) is 5.70 Å². The SMILES string of the molecule is CCCCCCCCc1ccc(-c2ccc(C3=NC(=Cc4ccc(OC)c(OC)c4)C(=O)O3)cc2)cc1. The second-order valence-electron chi connectivity index (χ2n) is 9.24. The van der Waals surface area contributed by atoms with Gasteiger partial charge in [-0.2, -0.15) is 0 Å². The minimum Gasteiger partial charge on any atom is -0.493 e. The molecule has 0 fully saturated rings. The molecule has 5 nitrogen and oxygen atoms in total. The highest BCUT2D eigenvalue weighted by Crippen LogP contribution is 2.29. The van der Waals surface area contributed by atoms with Gasteiger partial charge in [0.2, 0.25) is 5.90 Å². The molecule has 0 bridgehead atoms. The fraction of sp³-hybridized carbons (Fsp3) is 0.312. The largest absolute Gasteiger partial charge is 0.493 e. The summed E-state index contributed by atoms with van der Waals surface area (Å²) in [5, 5.41) is 0. The summed E-state index contributed by atoms with van der Waals surface area (Å²) in [4.78, 5) is 16.9. The van der Waals surface area contributed by atoms with Crippen molar-refractivity contribution >= 4 is 17.9 Å². The van der Waals surface area contributed by atoms with E-state index in [0.717, 1.165) is 28.7 Å². The van der Waals surface area contributed by atoms with Crippen LogP contribution in [-0.4, -0.2) is 26.1 Å². The van der Waals surface area contributed by atoms with E-state index in [2.05, 4.69) is 36.2 Å². The summed E-state index contributed by atoms with van der Waals surface area (Å²) in [6.07, 6.45) is 10.7. The molecule has 0 unspecified atom stereocenters. The fourth-order valence-electron chi connectivity index (χ4n) is 4.41. The van der Waals surface area contributed by atoms with Crippen LogP contribution in [0.4, 0.5) is 0 Å². The van der Waals surface area contributed by atoms with Gasteiger partial charge >= 0.3 is 5.97 Å². The van der Waals surface area contributed by atoms with E-state index in [1.54, 1.807) is 32.4 Å². The Morgan fingerprint density at radius 2 is 1.38 bits per heavy atom. The molecule has 3 aromatic carbocycles. The van der Waals surface area contributed by atoms with Gasteiger partial charge in [-0.3, -0.25) is 0 Å². The van der Waals surface area contributed by atoms with Gasteiger partial charge in [0.15, 0.2) is 17.2 Å². The predicted molar refractivity (Wildman–Crippen MR) is 149 cm³/mol. The third-order valence-corrected chi connectivity index (χ3v) is 6.57. The van der Waals surface area contributed by atoms with Crippen LogP contribution >= 0.6 is 0 Å². The molecule has 0 spiro atoms. The molecule has 0 atom stereocenters. The maximum absolute atomic E-state index is 12.4. The summed E-state index contributed by atoms with van der Waals surface area (Å²) in [6, 6.07) is 22.2. The first-order valence-electron chi connectivity index (χ1n) is 13.1. The Morgan fingerprint density at radius 3 is 2.05 bits per heavy atom. The minimum absolute atomic E-state index is 0.243. The van der Waals surface area contributed by atoms with E-state index >= 15 is 0 Å². The van der Waals surface area contributed by atoms with Crippen molar-refractivity contribution in [1.29, 1.82) is 0 Å². The third-order valence-electron chi connectivity index (χ3n) is 6.57. The van der Waals surface area contributed by atoms with Gasteiger partial charge in [-0.1, -0.05) is 81.5 Å². The lowest BCUT2D eigenvalue weighted by molar-refractivity contribution is -0.129. The summed E-state index contributed by atoms with van der Waals surface area (Å²) in [5.41, 5.74) is 5.43. The molecule has 37 heavy (non-hydrogen) atoms. The molecule has 0 radical (unpaired) electrons. The number of nitrogens with zero attached hydrogens (tertiary/aromatic N) is 1. The first kappa shape index (κ1) is 26.2. The predicted octanol–water partition coefficient (Wildman–Crippen LogP) is 7.62. The number of hydrogen-bond donors (Lipinski definition) is 0. The highest BCUT2D eigenvalue weighted by molar-refractivity contribution is 6.13. The van der Waals surface area contributed by atoms with Gasteiger partial charge in [-0.15, -0.1) is 0 Å². The van der Waals surface area contributed by atoms with E-state index in [4.69, 9.17) is 14.2 Å². The number of carbonyl (C=O) groups excluding carboxylic acids is 1. The molecule has 4 rings (SSSR count). The maximum atomic E-state index is 12.4. The van der Waals surface area contributed by atoms with Crippen LogP contribution < -0.4 is 9.47 Å². The second kappa shape index (κ2) is 12.9. The van der Waals surface area contributed by atoms with E-state index in [1.165, 1.54) is 44.1 Å². The van der Waals surface area contributed by atoms with Crippen LogP contribution in [0.3, 0.4) is 0 Å². The zero-order chi connectivity index (χ0) is 26.0. The van der Waals surface area contributed by atoms with Crippen LogP contribution in [0.25, 0.3) is 17.2 Å². The topological polar surface area (TPSA) is 57.1 Å². The van der Waals surface area contributed by atoms with Gasteiger partial charge in [0.05, 0.1) is 14.2 Å². The van der Waals surface area contributed by atoms with E-state index in [9.17, 15) is 4.79 Å². The lowest BCUT2D eigenvalue weighted by Gasteiger charge is -2.07. The molecule has 0 aliphatic carbocycles. The van der Waals surface area contributed by atoms with Crippen molar-refractivity contribution in [2.24, 2.45) is 4.99 Å². The monoisotopic (exact) mass is 497 g/mol. The number of cyclic esters (lactones) is 1. The van der Waals surface area contributed by atoms with E-state index in [0.29, 0.717) is 17.4 Å². The molecule has 0 amide bonds. The lowest BCUT2D eigenvalue weighted by atomic mass is 10.00. The van der Waals surface area contributed by atoms with Crippen LogP contribution in [-0.2, 0) is 16.0 Å². The Morgan fingerprint density at radius 1 is 0.757 bits per heavy atom. The number of unbranched alkanes of at least 4 members (excludes halogenated alkanes) is 5. The third kappa shape index (κ3) is 6.88. The molecule has 1 heterocycles. The van der Waals surface area contributed by atoms with Crippen molar-refractivity contribution < 1.29 is 19.0 Å². The van der Waals surface area contributed by atoms with Gasteiger partial charge in [0, 0.05) is 5.56 Å². The number of ether oxygens (including phenoxy) is 3. The lowest BCUT2D eigenvalue weighted by Crippen LogP contribution is -2.05. The van der Waals surface area contributed by atoms with Crippen molar-refractivity contribution in [2.75, 3.05) is 14.2 Å². The first-order valence-corrected chi connectivity index (χ1v) is 13.1. The summed E-state index contributed by atoms with van der Waals surface area (Å²) in [7, 11) is 3.15. The van der Waals surface area contributed by atoms with Gasteiger partial charge in [0.25, 0.3) is 0 Å². The number of rotatable bonds is 12. The Kier molecular flexibility index (Phi) is 9.14. The van der Waals surface area contributed by atoms with Crippen LogP contribution in [0.1, 0.15) is 62.1 Å². The van der Waals surface area contributed by atoms with Crippen molar-refractivity contribution in [3.63, 3.8) is 0 Å². The Bertz CT molecular complexity index is 1260. The van der Waals surface area contributed by atoms with Crippen LogP contribution in [0, 0.1) is 0 Å². The van der Waals surface area contributed by atoms with Crippen LogP contribution in [0.2, 0.25) is 0 Å². The molecule has 1 aliphatic heterocycles. The number of hydrogen-bond acceptors (Lipinski definition) is 5. The van der Waals surface area contributed by atoms with Gasteiger partial charge in [-0.05, 0) is 65.4 Å². The average Bonchev–Trinajstić information content (AvgIpc) is 3.30. The number of methoxy groups -OCH3 is 2. The average molecular weight is 498 g/mol. The number of carbonyl (C=O) groups is 1. The number of benzene rings is 3. The van der Waals surface area contributed by atoms with Crippen LogP contribution in [0.5, 0.6) is 11.5 Å². The molecule has 5 heteroatoms. The Hall–Kier alpha value is -3.86. The summed E-state index contributed by atoms with van der Waals surface area (Å²) < 4.78 is 16.1. The number of aryl methyl sites for hydroxylation is 1. The van der Waals surface area contributed by atoms with Crippen molar-refractivity contribution in [2.45, 2.75) is 51.9 Å². The Labute approximate surface area is 219 Å². The zero-order valence-corrected chi connectivity index (χ0v) is 22.0. The molecular weight excluding hydrogens is 462 g/mol. The zero-order valence-electron chi connectivity index (χ0n) is 22.0. The molecule has 0 N–H and O–H groups in total. The normalized spacial score (nSPS) is 14.0. The molecule has 0 saturated carbocycles. The molecular formula is C32H35NO4. The molecule has 0 saturated heterocycles.